The zero-order chi connectivity index (χ0) is 26.3. The molecule has 0 aliphatic rings. The van der Waals surface area contributed by atoms with Crippen LogP contribution in [-0.4, -0.2) is 34.1 Å². The van der Waals surface area contributed by atoms with Crippen LogP contribution >= 0.6 is 22.9 Å². The van der Waals surface area contributed by atoms with Gasteiger partial charge in [-0.15, -0.1) is 0 Å². The number of nitrogens with one attached hydrogen (secondary N) is 2. The summed E-state index contributed by atoms with van der Waals surface area (Å²) in [6.45, 7) is 7.53. The van der Waals surface area contributed by atoms with Crippen LogP contribution in [0.3, 0.4) is 0 Å². The average molecular weight is 530 g/mol. The molecule has 0 saturated carbocycles. The maximum Gasteiger partial charge on any atom is 0.250 e. The second-order valence-electron chi connectivity index (χ2n) is 9.54. The lowest BCUT2D eigenvalue weighted by Gasteiger charge is -2.26. The number of carbonyl (C=O) groups is 2. The van der Waals surface area contributed by atoms with Gasteiger partial charge in [-0.1, -0.05) is 81.3 Å². The van der Waals surface area contributed by atoms with E-state index in [1.165, 1.54) is 11.3 Å². The van der Waals surface area contributed by atoms with Gasteiger partial charge in [-0.3, -0.25) is 9.59 Å². The Morgan fingerprint density at radius 3 is 2.53 bits per heavy atom. The summed E-state index contributed by atoms with van der Waals surface area (Å²) in [4.78, 5) is 30.6. The van der Waals surface area contributed by atoms with Crippen molar-refractivity contribution in [1.82, 2.24) is 10.3 Å². The summed E-state index contributed by atoms with van der Waals surface area (Å²) in [5.74, 6) is -0.197. The highest BCUT2D eigenvalue weighted by atomic mass is 35.5. The fourth-order valence-electron chi connectivity index (χ4n) is 3.45. The molecule has 0 radical (unpaired) electrons. The summed E-state index contributed by atoms with van der Waals surface area (Å²) in [6.07, 6.45) is 1.58. The van der Waals surface area contributed by atoms with E-state index in [4.69, 9.17) is 16.3 Å². The number of halogens is 1. The molecule has 0 bridgehead atoms. The third-order valence-corrected chi connectivity index (χ3v) is 6.67. The number of nitrogens with zero attached hydrogens (tertiary/aromatic N) is 1. The van der Waals surface area contributed by atoms with Gasteiger partial charge in [-0.2, -0.15) is 0 Å². The van der Waals surface area contributed by atoms with Crippen molar-refractivity contribution in [1.29, 1.82) is 0 Å². The van der Waals surface area contributed by atoms with E-state index in [-0.39, 0.29) is 5.91 Å². The van der Waals surface area contributed by atoms with E-state index in [0.717, 1.165) is 21.8 Å². The van der Waals surface area contributed by atoms with E-state index in [1.807, 2.05) is 49.4 Å². The Morgan fingerprint density at radius 2 is 1.86 bits per heavy atom. The Kier molecular flexibility index (Phi) is 9.48. The van der Waals surface area contributed by atoms with Gasteiger partial charge in [0, 0.05) is 16.8 Å². The van der Waals surface area contributed by atoms with E-state index in [0.29, 0.717) is 29.6 Å². The van der Waals surface area contributed by atoms with Crippen molar-refractivity contribution in [2.75, 3.05) is 5.32 Å². The number of amides is 2. The minimum atomic E-state index is -1.22. The second-order valence-corrected chi connectivity index (χ2v) is 11.0. The molecule has 0 fully saturated rings. The normalized spacial score (nSPS) is 13.1. The molecule has 0 spiro atoms. The van der Waals surface area contributed by atoms with Crippen LogP contribution in [0, 0.1) is 5.41 Å². The van der Waals surface area contributed by atoms with Crippen molar-refractivity contribution in [3.8, 4) is 16.2 Å². The lowest BCUT2D eigenvalue weighted by atomic mass is 9.88. The number of rotatable bonds is 10. The quantitative estimate of drug-likeness (QED) is 0.314. The number of aliphatic hydroxyl groups excluding tert-OH is 1. The first-order valence-corrected chi connectivity index (χ1v) is 13.0. The monoisotopic (exact) mass is 529 g/mol. The van der Waals surface area contributed by atoms with E-state index in [2.05, 4.69) is 15.6 Å². The first kappa shape index (κ1) is 27.6. The smallest absolute Gasteiger partial charge is 0.250 e. The first-order chi connectivity index (χ1) is 17.1. The van der Waals surface area contributed by atoms with Crippen LogP contribution in [0.25, 0.3) is 10.4 Å². The number of ether oxygens (including phenoxy) is 1. The van der Waals surface area contributed by atoms with Crippen molar-refractivity contribution in [2.45, 2.75) is 59.3 Å². The summed E-state index contributed by atoms with van der Waals surface area (Å²) in [5, 5.41) is 16.7. The van der Waals surface area contributed by atoms with Gasteiger partial charge in [0.15, 0.2) is 5.13 Å². The molecule has 2 aromatic carbocycles. The molecule has 2 amide bonds. The maximum absolute atomic E-state index is 12.9. The predicted molar refractivity (Wildman–Crippen MR) is 144 cm³/mol. The Balaban J connectivity index is 1.72. The van der Waals surface area contributed by atoms with E-state index >= 15 is 0 Å². The number of thiazole rings is 1. The highest BCUT2D eigenvalue weighted by Crippen LogP contribution is 2.33. The topological polar surface area (TPSA) is 101 Å². The van der Waals surface area contributed by atoms with Crippen LogP contribution in [0.4, 0.5) is 5.13 Å². The van der Waals surface area contributed by atoms with Gasteiger partial charge in [0.2, 0.25) is 11.8 Å². The molecule has 1 heterocycles. The molecule has 9 heteroatoms. The summed E-state index contributed by atoms with van der Waals surface area (Å²) >= 11 is 7.56. The Labute approximate surface area is 220 Å². The highest BCUT2D eigenvalue weighted by Gasteiger charge is 2.32. The maximum atomic E-state index is 12.9. The molecule has 36 heavy (non-hydrogen) atoms. The van der Waals surface area contributed by atoms with Crippen LogP contribution in [0.5, 0.6) is 5.75 Å². The number of para-hydroxylation sites is 1. The fourth-order valence-corrected chi connectivity index (χ4v) is 4.52. The van der Waals surface area contributed by atoms with Gasteiger partial charge in [0.25, 0.3) is 0 Å². The molecule has 2 atom stereocenters. The molecule has 3 rings (SSSR count). The lowest BCUT2D eigenvalue weighted by molar-refractivity contribution is -0.137. The summed E-state index contributed by atoms with van der Waals surface area (Å²) in [7, 11) is 0. The predicted octanol–water partition coefficient (Wildman–Crippen LogP) is 5.67. The molecule has 7 nitrogen and oxygen atoms in total. The van der Waals surface area contributed by atoms with Gasteiger partial charge in [-0.05, 0) is 41.7 Å². The third kappa shape index (κ3) is 7.53. The number of hydrogen-bond acceptors (Lipinski definition) is 6. The van der Waals surface area contributed by atoms with Gasteiger partial charge in [0.1, 0.15) is 24.5 Å². The summed E-state index contributed by atoms with van der Waals surface area (Å²) in [5.41, 5.74) is 1.16. The summed E-state index contributed by atoms with van der Waals surface area (Å²) in [6, 6.07) is 14.3. The molecule has 0 saturated heterocycles. The molecule has 3 N–H and O–H groups in total. The highest BCUT2D eigenvalue weighted by molar-refractivity contribution is 7.19. The lowest BCUT2D eigenvalue weighted by Crippen LogP contribution is -2.50. The Bertz CT molecular complexity index is 1180. The zero-order valence-electron chi connectivity index (χ0n) is 20.9. The van der Waals surface area contributed by atoms with Gasteiger partial charge in [-0.25, -0.2) is 4.98 Å². The minimum Gasteiger partial charge on any atom is -0.489 e. The number of benzene rings is 2. The van der Waals surface area contributed by atoms with Crippen molar-refractivity contribution < 1.29 is 19.4 Å². The van der Waals surface area contributed by atoms with Crippen LogP contribution in [0.1, 0.15) is 46.1 Å². The van der Waals surface area contributed by atoms with E-state index in [9.17, 15) is 14.7 Å². The molecule has 192 valence electrons. The average Bonchev–Trinajstić information content (AvgIpc) is 3.30. The standard InChI is InChI=1S/C27H32ClN3O4S/c1-5-9-21(30-25(34)23(32)27(2,3)4)24(33)31-26-29-15-22(36-26)20-13-12-18(28)14-17(20)16-35-19-10-7-6-8-11-19/h6-8,10-15,21,23,32H,5,9,16H2,1-4H3,(H,30,34)(H,29,31,33)/t21-,23+/m0/s1. The number of aliphatic hydroxyl groups is 1. The van der Waals surface area contributed by atoms with Crippen LogP contribution in [-0.2, 0) is 16.2 Å². The van der Waals surface area contributed by atoms with Crippen LogP contribution in [0.2, 0.25) is 5.02 Å². The van der Waals surface area contributed by atoms with Gasteiger partial charge < -0.3 is 20.5 Å². The fraction of sp³-hybridized carbons (Fsp3) is 0.370. The number of aromatic nitrogens is 1. The minimum absolute atomic E-state index is 0.320. The van der Waals surface area contributed by atoms with Gasteiger partial charge in [0.05, 0.1) is 4.88 Å². The van der Waals surface area contributed by atoms with Crippen molar-refractivity contribution in [3.05, 3.63) is 65.3 Å². The second kappa shape index (κ2) is 12.3. The Hall–Kier alpha value is -2.94. The molecule has 0 aliphatic heterocycles. The molecule has 3 aromatic rings. The largest absolute Gasteiger partial charge is 0.489 e. The molecule has 0 unspecified atom stereocenters. The van der Waals surface area contributed by atoms with E-state index < -0.39 is 23.5 Å². The van der Waals surface area contributed by atoms with Crippen molar-refractivity contribution >= 4 is 39.9 Å². The van der Waals surface area contributed by atoms with Crippen LogP contribution < -0.4 is 15.4 Å². The SMILES string of the molecule is CCC[C@H](NC(=O)[C@@H](O)C(C)(C)C)C(=O)Nc1ncc(-c2ccc(Cl)cc2COc2ccccc2)s1. The number of carbonyl (C=O) groups excluding carboxylic acids is 2. The number of anilines is 1. The molecule has 1 aromatic heterocycles. The summed E-state index contributed by atoms with van der Waals surface area (Å²) < 4.78 is 5.91. The van der Waals surface area contributed by atoms with Crippen molar-refractivity contribution in [2.24, 2.45) is 5.41 Å². The first-order valence-electron chi connectivity index (χ1n) is 11.8. The zero-order valence-corrected chi connectivity index (χ0v) is 22.4. The van der Waals surface area contributed by atoms with Crippen LogP contribution in [0.15, 0.2) is 54.7 Å². The third-order valence-electron chi connectivity index (χ3n) is 5.49. The molecule has 0 aliphatic carbocycles. The Morgan fingerprint density at radius 1 is 1.14 bits per heavy atom. The molecular weight excluding hydrogens is 498 g/mol. The van der Waals surface area contributed by atoms with Crippen molar-refractivity contribution in [3.63, 3.8) is 0 Å². The molecular formula is C27H32ClN3O4S. The van der Waals surface area contributed by atoms with E-state index in [1.54, 1.807) is 33.0 Å². The number of hydrogen-bond donors (Lipinski definition) is 3. The van der Waals surface area contributed by atoms with Gasteiger partial charge >= 0.3 is 0 Å².